The van der Waals surface area contributed by atoms with Gasteiger partial charge in [-0.25, -0.2) is 0 Å². The quantitative estimate of drug-likeness (QED) is 0.299. The highest BCUT2D eigenvalue weighted by Crippen LogP contribution is 2.12. The molecule has 1 aromatic rings. The van der Waals surface area contributed by atoms with E-state index in [1.807, 2.05) is 36.0 Å². The third-order valence-corrected chi connectivity index (χ3v) is 4.43. The monoisotopic (exact) mass is 451 g/mol. The van der Waals surface area contributed by atoms with Gasteiger partial charge in [-0.3, -0.25) is 4.99 Å². The van der Waals surface area contributed by atoms with Crippen LogP contribution in [-0.4, -0.2) is 55.7 Å². The first-order valence-corrected chi connectivity index (χ1v) is 8.78. The van der Waals surface area contributed by atoms with E-state index in [0.29, 0.717) is 19.2 Å². The van der Waals surface area contributed by atoms with E-state index in [0.717, 1.165) is 48.9 Å². The maximum Gasteiger partial charge on any atom is 0.191 e. The number of thioether (sulfide) groups is 1. The van der Waals surface area contributed by atoms with Gasteiger partial charge in [-0.2, -0.15) is 11.8 Å². The van der Waals surface area contributed by atoms with Crippen LogP contribution in [0.25, 0.3) is 0 Å². The third kappa shape index (κ3) is 7.63. The molecule has 23 heavy (non-hydrogen) atoms. The van der Waals surface area contributed by atoms with Gasteiger partial charge in [0.25, 0.3) is 0 Å². The topological polar surface area (TPSA) is 60.1 Å². The molecular formula is C16H26IN3O2S. The Morgan fingerprint density at radius 3 is 2.61 bits per heavy atom. The van der Waals surface area contributed by atoms with Crippen LogP contribution in [0.3, 0.4) is 0 Å². The molecular weight excluding hydrogens is 425 g/mol. The van der Waals surface area contributed by atoms with Gasteiger partial charge < -0.3 is 20.1 Å². The molecule has 0 radical (unpaired) electrons. The summed E-state index contributed by atoms with van der Waals surface area (Å²) >= 11 is 1.97. The summed E-state index contributed by atoms with van der Waals surface area (Å²) in [6, 6.07) is 7.92. The number of guanidine groups is 1. The molecule has 0 bridgehead atoms. The van der Waals surface area contributed by atoms with Crippen molar-refractivity contribution in [3.63, 3.8) is 0 Å². The van der Waals surface area contributed by atoms with Gasteiger partial charge in [-0.15, -0.1) is 24.0 Å². The Bertz CT molecular complexity index is 465. The van der Waals surface area contributed by atoms with Crippen LogP contribution in [0.4, 0.5) is 0 Å². The van der Waals surface area contributed by atoms with Crippen molar-refractivity contribution in [2.75, 3.05) is 44.9 Å². The van der Waals surface area contributed by atoms with Crippen molar-refractivity contribution < 1.29 is 9.47 Å². The molecule has 1 aliphatic heterocycles. The zero-order chi connectivity index (χ0) is 15.6. The smallest absolute Gasteiger partial charge is 0.191 e. The minimum atomic E-state index is 0. The molecule has 0 amide bonds. The average molecular weight is 451 g/mol. The van der Waals surface area contributed by atoms with Gasteiger partial charge in [-0.05, 0) is 24.1 Å². The van der Waals surface area contributed by atoms with E-state index >= 15 is 0 Å². The first-order chi connectivity index (χ1) is 10.8. The predicted octanol–water partition coefficient (Wildman–Crippen LogP) is 2.58. The van der Waals surface area contributed by atoms with Crippen molar-refractivity contribution in [2.45, 2.75) is 13.0 Å². The number of halogens is 1. The summed E-state index contributed by atoms with van der Waals surface area (Å²) in [5.41, 5.74) is 7.14. The van der Waals surface area contributed by atoms with E-state index in [2.05, 4.69) is 9.89 Å². The lowest BCUT2D eigenvalue weighted by Crippen LogP contribution is -2.42. The minimum Gasteiger partial charge on any atom is -0.497 e. The minimum absolute atomic E-state index is 0. The second-order valence-corrected chi connectivity index (χ2v) is 6.32. The summed E-state index contributed by atoms with van der Waals surface area (Å²) in [5, 5.41) is 0. The fraction of sp³-hybridized carbons (Fsp3) is 0.562. The molecule has 0 spiro atoms. The molecule has 0 aromatic heterocycles. The summed E-state index contributed by atoms with van der Waals surface area (Å²) in [7, 11) is 1.67. The Balaban J connectivity index is 0.00000264. The van der Waals surface area contributed by atoms with Crippen LogP contribution in [0, 0.1) is 0 Å². The molecule has 1 aromatic carbocycles. The fourth-order valence-electron chi connectivity index (χ4n) is 2.16. The SMILES string of the molecule is COc1ccc(COCCCN=C(N)N2CCSCC2)cc1.I. The molecule has 1 aliphatic rings. The summed E-state index contributed by atoms with van der Waals surface area (Å²) in [4.78, 5) is 6.59. The van der Waals surface area contributed by atoms with E-state index in [-0.39, 0.29) is 24.0 Å². The number of methoxy groups -OCH3 is 1. The third-order valence-electron chi connectivity index (χ3n) is 3.48. The standard InChI is InChI=1S/C16H25N3O2S.HI/c1-20-15-5-3-14(4-6-15)13-21-10-2-7-18-16(17)19-8-11-22-12-9-19;/h3-6H,2,7-13H2,1H3,(H2,17,18);1H. The molecule has 0 atom stereocenters. The average Bonchev–Trinajstić information content (AvgIpc) is 2.59. The maximum absolute atomic E-state index is 6.00. The molecule has 2 N–H and O–H groups in total. The molecule has 1 saturated heterocycles. The van der Waals surface area contributed by atoms with Gasteiger partial charge in [-0.1, -0.05) is 12.1 Å². The number of hydrogen-bond donors (Lipinski definition) is 1. The van der Waals surface area contributed by atoms with Gasteiger partial charge in [0.1, 0.15) is 5.75 Å². The van der Waals surface area contributed by atoms with Gasteiger partial charge >= 0.3 is 0 Å². The molecule has 1 fully saturated rings. The Labute approximate surface area is 160 Å². The molecule has 0 unspecified atom stereocenters. The molecule has 0 saturated carbocycles. The highest BCUT2D eigenvalue weighted by molar-refractivity contribution is 14.0. The number of rotatable bonds is 7. The maximum atomic E-state index is 6.00. The molecule has 7 heteroatoms. The second-order valence-electron chi connectivity index (χ2n) is 5.09. The zero-order valence-corrected chi connectivity index (χ0v) is 16.7. The van der Waals surface area contributed by atoms with E-state index < -0.39 is 0 Å². The summed E-state index contributed by atoms with van der Waals surface area (Å²) in [6.45, 7) is 4.05. The van der Waals surface area contributed by atoms with Crippen LogP contribution < -0.4 is 10.5 Å². The number of nitrogens with zero attached hydrogens (tertiary/aromatic N) is 2. The normalized spacial score (nSPS) is 15.2. The van der Waals surface area contributed by atoms with Gasteiger partial charge in [0, 0.05) is 37.7 Å². The van der Waals surface area contributed by atoms with Crippen molar-refractivity contribution in [3.8, 4) is 5.75 Å². The van der Waals surface area contributed by atoms with Gasteiger partial charge in [0.15, 0.2) is 5.96 Å². The Kier molecular flexibility index (Phi) is 10.5. The van der Waals surface area contributed by atoms with Crippen molar-refractivity contribution >= 4 is 41.7 Å². The first-order valence-electron chi connectivity index (χ1n) is 7.63. The first kappa shape index (κ1) is 20.4. The molecule has 5 nitrogen and oxygen atoms in total. The second kappa shape index (κ2) is 11.8. The van der Waals surface area contributed by atoms with Crippen molar-refractivity contribution in [2.24, 2.45) is 10.7 Å². The predicted molar refractivity (Wildman–Crippen MR) is 108 cm³/mol. The molecule has 130 valence electrons. The number of aliphatic imine (C=N–C) groups is 1. The summed E-state index contributed by atoms with van der Waals surface area (Å²) in [5.74, 6) is 3.82. The zero-order valence-electron chi connectivity index (χ0n) is 13.6. The number of ether oxygens (including phenoxy) is 2. The highest BCUT2D eigenvalue weighted by atomic mass is 127. The van der Waals surface area contributed by atoms with E-state index in [1.54, 1.807) is 7.11 Å². The lowest BCUT2D eigenvalue weighted by Gasteiger charge is -2.27. The Morgan fingerprint density at radius 2 is 1.96 bits per heavy atom. The fourth-order valence-corrected chi connectivity index (χ4v) is 3.07. The van der Waals surface area contributed by atoms with Gasteiger partial charge in [0.05, 0.1) is 13.7 Å². The van der Waals surface area contributed by atoms with Crippen LogP contribution in [0.1, 0.15) is 12.0 Å². The van der Waals surface area contributed by atoms with Crippen LogP contribution in [0.2, 0.25) is 0 Å². The van der Waals surface area contributed by atoms with Crippen molar-refractivity contribution in [1.29, 1.82) is 0 Å². The summed E-state index contributed by atoms with van der Waals surface area (Å²) < 4.78 is 10.8. The van der Waals surface area contributed by atoms with Crippen LogP contribution >= 0.6 is 35.7 Å². The lowest BCUT2D eigenvalue weighted by atomic mass is 10.2. The Hall–Kier alpha value is -0.670. The molecule has 1 heterocycles. The largest absolute Gasteiger partial charge is 0.497 e. The van der Waals surface area contributed by atoms with Gasteiger partial charge in [0.2, 0.25) is 0 Å². The number of benzene rings is 1. The van der Waals surface area contributed by atoms with Crippen molar-refractivity contribution in [1.82, 2.24) is 4.90 Å². The van der Waals surface area contributed by atoms with Crippen LogP contribution in [0.15, 0.2) is 29.3 Å². The van der Waals surface area contributed by atoms with E-state index in [1.165, 1.54) is 0 Å². The molecule has 2 rings (SSSR count). The number of nitrogens with two attached hydrogens (primary N) is 1. The van der Waals surface area contributed by atoms with Crippen molar-refractivity contribution in [3.05, 3.63) is 29.8 Å². The van der Waals surface area contributed by atoms with Crippen LogP contribution in [-0.2, 0) is 11.3 Å². The number of hydrogen-bond acceptors (Lipinski definition) is 4. The molecule has 0 aliphatic carbocycles. The summed E-state index contributed by atoms with van der Waals surface area (Å²) in [6.07, 6.45) is 0.888. The van der Waals surface area contributed by atoms with Crippen LogP contribution in [0.5, 0.6) is 5.75 Å². The highest BCUT2D eigenvalue weighted by Gasteiger charge is 2.11. The lowest BCUT2D eigenvalue weighted by molar-refractivity contribution is 0.120. The van der Waals surface area contributed by atoms with E-state index in [4.69, 9.17) is 15.2 Å². The van der Waals surface area contributed by atoms with E-state index in [9.17, 15) is 0 Å². The Morgan fingerprint density at radius 1 is 1.26 bits per heavy atom.